The highest BCUT2D eigenvalue weighted by Gasteiger charge is 2.20. The summed E-state index contributed by atoms with van der Waals surface area (Å²) in [6, 6.07) is 19.2. The first kappa shape index (κ1) is 14.2. The van der Waals surface area contributed by atoms with Crippen molar-refractivity contribution in [2.75, 3.05) is 7.05 Å². The maximum atomic E-state index is 4.88. The summed E-state index contributed by atoms with van der Waals surface area (Å²) in [4.78, 5) is 10.7. The topological polar surface area (TPSA) is 31.9 Å². The van der Waals surface area contributed by atoms with Crippen molar-refractivity contribution in [2.24, 2.45) is 0 Å². The summed E-state index contributed by atoms with van der Waals surface area (Å²) in [5.74, 6) is 1.06. The summed E-state index contributed by atoms with van der Waals surface area (Å²) in [7, 11) is 2.14. The Bertz CT molecular complexity index is 805. The molecule has 1 aromatic heterocycles. The van der Waals surface area contributed by atoms with Crippen LogP contribution in [0, 0.1) is 0 Å². The van der Waals surface area contributed by atoms with E-state index in [0.717, 1.165) is 37.4 Å². The van der Waals surface area contributed by atoms with E-state index in [-0.39, 0.29) is 0 Å². The van der Waals surface area contributed by atoms with Gasteiger partial charge in [-0.2, -0.15) is 0 Å². The number of benzene rings is 2. The second kappa shape index (κ2) is 6.01. The van der Waals surface area contributed by atoms with Crippen molar-refractivity contribution in [1.82, 2.24) is 14.9 Å². The van der Waals surface area contributed by atoms with Gasteiger partial charge < -0.3 is 4.98 Å². The third kappa shape index (κ3) is 2.92. The van der Waals surface area contributed by atoms with Crippen LogP contribution in [0.1, 0.15) is 22.6 Å². The Balaban J connectivity index is 1.53. The van der Waals surface area contributed by atoms with Gasteiger partial charge in [0.1, 0.15) is 5.82 Å². The lowest BCUT2D eigenvalue weighted by Gasteiger charge is -2.14. The Morgan fingerprint density at radius 1 is 0.957 bits per heavy atom. The van der Waals surface area contributed by atoms with Gasteiger partial charge >= 0.3 is 0 Å². The molecule has 3 heteroatoms. The SMILES string of the molecule is CN(Cc1ccccc1)Cc1nc2c([nH]1)CCc1ccccc1-2. The minimum atomic E-state index is 0.837. The predicted molar refractivity (Wildman–Crippen MR) is 93.0 cm³/mol. The first-order valence-electron chi connectivity index (χ1n) is 8.18. The van der Waals surface area contributed by atoms with Gasteiger partial charge in [0.25, 0.3) is 0 Å². The van der Waals surface area contributed by atoms with E-state index in [2.05, 4.69) is 71.5 Å². The highest BCUT2D eigenvalue weighted by molar-refractivity contribution is 5.68. The standard InChI is InChI=1S/C20H21N3/c1-23(13-15-7-3-2-4-8-15)14-19-21-18-12-11-16-9-5-6-10-17(16)20(18)22-19/h2-10H,11-14H2,1H3,(H,21,22). The van der Waals surface area contributed by atoms with Crippen molar-refractivity contribution in [3.05, 3.63) is 77.2 Å². The van der Waals surface area contributed by atoms with Crippen LogP contribution in [0.5, 0.6) is 0 Å². The van der Waals surface area contributed by atoms with Crippen molar-refractivity contribution in [2.45, 2.75) is 25.9 Å². The molecule has 2 aromatic carbocycles. The second-order valence-electron chi connectivity index (χ2n) is 6.33. The van der Waals surface area contributed by atoms with Crippen LogP contribution in [0.2, 0.25) is 0 Å². The van der Waals surface area contributed by atoms with Crippen LogP contribution in [0.25, 0.3) is 11.3 Å². The zero-order valence-corrected chi connectivity index (χ0v) is 13.4. The third-order valence-electron chi connectivity index (χ3n) is 4.46. The zero-order valence-electron chi connectivity index (χ0n) is 13.4. The average Bonchev–Trinajstić information content (AvgIpc) is 2.98. The summed E-state index contributed by atoms with van der Waals surface area (Å²) >= 11 is 0. The van der Waals surface area contributed by atoms with E-state index in [1.807, 2.05) is 0 Å². The molecule has 116 valence electrons. The van der Waals surface area contributed by atoms with Crippen LogP contribution in [-0.4, -0.2) is 21.9 Å². The minimum Gasteiger partial charge on any atom is -0.344 e. The fraction of sp³-hybridized carbons (Fsp3) is 0.250. The molecule has 0 atom stereocenters. The quantitative estimate of drug-likeness (QED) is 0.795. The lowest BCUT2D eigenvalue weighted by molar-refractivity contribution is 0.311. The summed E-state index contributed by atoms with van der Waals surface area (Å²) in [6.45, 7) is 1.77. The van der Waals surface area contributed by atoms with Crippen LogP contribution in [0.15, 0.2) is 54.6 Å². The molecule has 0 spiro atoms. The summed E-state index contributed by atoms with van der Waals surface area (Å²) in [5.41, 5.74) is 6.47. The molecule has 1 heterocycles. The van der Waals surface area contributed by atoms with Gasteiger partial charge in [-0.25, -0.2) is 4.98 Å². The number of fused-ring (bicyclic) bond motifs is 3. The molecule has 1 aliphatic carbocycles. The molecule has 3 nitrogen and oxygen atoms in total. The maximum absolute atomic E-state index is 4.88. The molecule has 0 unspecified atom stereocenters. The number of imidazole rings is 1. The van der Waals surface area contributed by atoms with Crippen LogP contribution in [0.4, 0.5) is 0 Å². The van der Waals surface area contributed by atoms with Gasteiger partial charge in [0.15, 0.2) is 0 Å². The highest BCUT2D eigenvalue weighted by Crippen LogP contribution is 2.31. The van der Waals surface area contributed by atoms with Gasteiger partial charge in [0.05, 0.1) is 12.2 Å². The molecule has 1 aliphatic rings. The number of rotatable bonds is 4. The molecule has 0 bridgehead atoms. The maximum Gasteiger partial charge on any atom is 0.121 e. The van der Waals surface area contributed by atoms with E-state index in [1.165, 1.54) is 22.4 Å². The number of hydrogen-bond donors (Lipinski definition) is 1. The zero-order chi connectivity index (χ0) is 15.6. The van der Waals surface area contributed by atoms with Crippen LogP contribution in [0.3, 0.4) is 0 Å². The molecule has 0 saturated carbocycles. The van der Waals surface area contributed by atoms with E-state index < -0.39 is 0 Å². The van der Waals surface area contributed by atoms with Crippen molar-refractivity contribution >= 4 is 0 Å². The Morgan fingerprint density at radius 2 is 1.74 bits per heavy atom. The van der Waals surface area contributed by atoms with E-state index >= 15 is 0 Å². The van der Waals surface area contributed by atoms with Crippen molar-refractivity contribution in [3.63, 3.8) is 0 Å². The Kier molecular flexibility index (Phi) is 3.72. The number of nitrogens with zero attached hydrogens (tertiary/aromatic N) is 2. The largest absolute Gasteiger partial charge is 0.344 e. The minimum absolute atomic E-state index is 0.837. The lowest BCUT2D eigenvalue weighted by Crippen LogP contribution is -2.18. The van der Waals surface area contributed by atoms with Gasteiger partial charge in [-0.05, 0) is 31.0 Å². The smallest absolute Gasteiger partial charge is 0.121 e. The number of H-pyrrole nitrogens is 1. The molecule has 0 fully saturated rings. The van der Waals surface area contributed by atoms with Crippen molar-refractivity contribution in [3.8, 4) is 11.3 Å². The summed E-state index contributed by atoms with van der Waals surface area (Å²) in [6.07, 6.45) is 2.16. The normalized spacial score (nSPS) is 13.0. The van der Waals surface area contributed by atoms with E-state index in [0.29, 0.717) is 0 Å². The number of nitrogens with one attached hydrogen (secondary N) is 1. The highest BCUT2D eigenvalue weighted by atomic mass is 15.1. The van der Waals surface area contributed by atoms with Crippen molar-refractivity contribution < 1.29 is 0 Å². The number of aromatic amines is 1. The monoisotopic (exact) mass is 303 g/mol. The molecule has 0 saturated heterocycles. The fourth-order valence-corrected chi connectivity index (χ4v) is 3.38. The molecule has 4 rings (SSSR count). The molecular weight excluding hydrogens is 282 g/mol. The Hall–Kier alpha value is -2.39. The molecule has 0 radical (unpaired) electrons. The van der Waals surface area contributed by atoms with Gasteiger partial charge in [0.2, 0.25) is 0 Å². The van der Waals surface area contributed by atoms with Crippen LogP contribution >= 0.6 is 0 Å². The number of aromatic nitrogens is 2. The molecule has 0 aliphatic heterocycles. The Labute approximate surface area is 137 Å². The fourth-order valence-electron chi connectivity index (χ4n) is 3.38. The first-order chi connectivity index (χ1) is 11.3. The van der Waals surface area contributed by atoms with Gasteiger partial charge in [-0.3, -0.25) is 4.90 Å². The van der Waals surface area contributed by atoms with E-state index in [1.54, 1.807) is 0 Å². The first-order valence-corrected chi connectivity index (χ1v) is 8.18. The molecule has 23 heavy (non-hydrogen) atoms. The second-order valence-corrected chi connectivity index (χ2v) is 6.33. The molecule has 1 N–H and O–H groups in total. The predicted octanol–water partition coefficient (Wildman–Crippen LogP) is 3.81. The van der Waals surface area contributed by atoms with Crippen molar-refractivity contribution in [1.29, 1.82) is 0 Å². The summed E-state index contributed by atoms with van der Waals surface area (Å²) < 4.78 is 0. The molecule has 0 amide bonds. The van der Waals surface area contributed by atoms with Crippen LogP contribution in [-0.2, 0) is 25.9 Å². The van der Waals surface area contributed by atoms with Crippen LogP contribution < -0.4 is 0 Å². The molecular formula is C20H21N3. The van der Waals surface area contributed by atoms with Gasteiger partial charge in [-0.1, -0.05) is 54.6 Å². The Morgan fingerprint density at radius 3 is 2.61 bits per heavy atom. The number of aryl methyl sites for hydroxylation is 2. The lowest BCUT2D eigenvalue weighted by atomic mass is 9.93. The average molecular weight is 303 g/mol. The molecule has 3 aromatic rings. The van der Waals surface area contributed by atoms with Gasteiger partial charge in [-0.15, -0.1) is 0 Å². The third-order valence-corrected chi connectivity index (χ3v) is 4.46. The summed E-state index contributed by atoms with van der Waals surface area (Å²) in [5, 5.41) is 0. The van der Waals surface area contributed by atoms with Gasteiger partial charge in [0, 0.05) is 17.8 Å². The van der Waals surface area contributed by atoms with E-state index in [9.17, 15) is 0 Å². The number of hydrogen-bond acceptors (Lipinski definition) is 2. The van der Waals surface area contributed by atoms with E-state index in [4.69, 9.17) is 4.98 Å².